The van der Waals surface area contributed by atoms with E-state index in [1.807, 2.05) is 57.2 Å². The highest BCUT2D eigenvalue weighted by Gasteiger charge is 2.06. The van der Waals surface area contributed by atoms with Gasteiger partial charge in [-0.3, -0.25) is 4.79 Å². The Morgan fingerprint density at radius 3 is 2.65 bits per heavy atom. The lowest BCUT2D eigenvalue weighted by molar-refractivity contribution is -0.116. The minimum atomic E-state index is 0.00888. The van der Waals surface area contributed by atoms with Crippen LogP contribution in [0, 0.1) is 20.8 Å². The third-order valence-electron chi connectivity index (χ3n) is 3.83. The number of carbonyl (C=O) groups is 1. The normalized spacial score (nSPS) is 10.4. The Morgan fingerprint density at radius 1 is 1.13 bits per heavy atom. The van der Waals surface area contributed by atoms with Crippen molar-refractivity contribution in [2.45, 2.75) is 33.6 Å². The smallest absolute Gasteiger partial charge is 0.224 e. The van der Waals surface area contributed by atoms with E-state index in [1.54, 1.807) is 0 Å². The van der Waals surface area contributed by atoms with Crippen molar-refractivity contribution in [2.75, 3.05) is 11.9 Å². The molecule has 0 unspecified atom stereocenters. The molecule has 4 heteroatoms. The van der Waals surface area contributed by atoms with Crippen molar-refractivity contribution in [3.63, 3.8) is 0 Å². The molecule has 1 N–H and O–H groups in total. The minimum Gasteiger partial charge on any atom is -0.494 e. The van der Waals surface area contributed by atoms with Gasteiger partial charge in [-0.05, 0) is 68.1 Å². The summed E-state index contributed by atoms with van der Waals surface area (Å²) in [6.07, 6.45) is 1.10. The van der Waals surface area contributed by atoms with Gasteiger partial charge in [0, 0.05) is 17.1 Å². The van der Waals surface area contributed by atoms with E-state index in [2.05, 4.69) is 5.32 Å². The molecular weight excluding hydrogens is 310 g/mol. The summed E-state index contributed by atoms with van der Waals surface area (Å²) >= 11 is 5.98. The van der Waals surface area contributed by atoms with Crippen LogP contribution in [-0.2, 0) is 4.79 Å². The van der Waals surface area contributed by atoms with Gasteiger partial charge in [-0.2, -0.15) is 0 Å². The molecular formula is C19H22ClNO2. The number of rotatable bonds is 6. The zero-order valence-electron chi connectivity index (χ0n) is 13.8. The first-order chi connectivity index (χ1) is 11.0. The van der Waals surface area contributed by atoms with Gasteiger partial charge in [0.1, 0.15) is 5.75 Å². The second-order valence-corrected chi connectivity index (χ2v) is 6.07. The molecule has 0 heterocycles. The fourth-order valence-electron chi connectivity index (χ4n) is 2.23. The molecule has 0 atom stereocenters. The predicted octanol–water partition coefficient (Wildman–Crippen LogP) is 5.06. The third kappa shape index (κ3) is 5.00. The zero-order valence-corrected chi connectivity index (χ0v) is 14.5. The number of ether oxygens (including phenoxy) is 1. The average Bonchev–Trinajstić information content (AvgIpc) is 2.52. The van der Waals surface area contributed by atoms with E-state index in [4.69, 9.17) is 16.3 Å². The summed E-state index contributed by atoms with van der Waals surface area (Å²) in [5.41, 5.74) is 4.14. The second-order valence-electron chi connectivity index (χ2n) is 5.66. The Labute approximate surface area is 142 Å². The van der Waals surface area contributed by atoms with E-state index in [0.29, 0.717) is 19.4 Å². The summed E-state index contributed by atoms with van der Waals surface area (Å²) in [7, 11) is 0. The quantitative estimate of drug-likeness (QED) is 0.751. The minimum absolute atomic E-state index is 0.00888. The Morgan fingerprint density at radius 2 is 1.91 bits per heavy atom. The number of aryl methyl sites for hydroxylation is 2. The van der Waals surface area contributed by atoms with Crippen LogP contribution in [0.4, 0.5) is 5.69 Å². The molecule has 2 aromatic carbocycles. The number of amides is 1. The number of benzene rings is 2. The summed E-state index contributed by atoms with van der Waals surface area (Å²) in [4.78, 5) is 12.0. The largest absolute Gasteiger partial charge is 0.494 e. The molecule has 0 saturated heterocycles. The van der Waals surface area contributed by atoms with Crippen LogP contribution in [0.25, 0.3) is 0 Å². The van der Waals surface area contributed by atoms with Gasteiger partial charge in [0.15, 0.2) is 0 Å². The molecule has 0 saturated carbocycles. The number of carbonyl (C=O) groups excluding carboxylic acids is 1. The van der Waals surface area contributed by atoms with Crippen LogP contribution in [-0.4, -0.2) is 12.5 Å². The van der Waals surface area contributed by atoms with Gasteiger partial charge in [-0.25, -0.2) is 0 Å². The summed E-state index contributed by atoms with van der Waals surface area (Å²) < 4.78 is 5.65. The molecule has 0 aliphatic heterocycles. The monoisotopic (exact) mass is 331 g/mol. The topological polar surface area (TPSA) is 38.3 Å². The lowest BCUT2D eigenvalue weighted by Crippen LogP contribution is -2.13. The highest BCUT2D eigenvalue weighted by molar-refractivity contribution is 6.31. The summed E-state index contributed by atoms with van der Waals surface area (Å²) in [6, 6.07) is 11.5. The van der Waals surface area contributed by atoms with E-state index < -0.39 is 0 Å². The fourth-order valence-corrected chi connectivity index (χ4v) is 2.35. The number of hydrogen-bond acceptors (Lipinski definition) is 2. The maximum Gasteiger partial charge on any atom is 0.224 e. The van der Waals surface area contributed by atoms with Gasteiger partial charge >= 0.3 is 0 Å². The molecule has 0 spiro atoms. The van der Waals surface area contributed by atoms with Crippen LogP contribution in [0.2, 0.25) is 5.02 Å². The molecule has 23 heavy (non-hydrogen) atoms. The first-order valence-corrected chi connectivity index (χ1v) is 8.10. The lowest BCUT2D eigenvalue weighted by Gasteiger charge is -2.11. The fraction of sp³-hybridized carbons (Fsp3) is 0.316. The summed E-state index contributed by atoms with van der Waals surface area (Å²) in [5, 5.41) is 3.68. The zero-order chi connectivity index (χ0) is 16.8. The van der Waals surface area contributed by atoms with Crippen LogP contribution < -0.4 is 10.1 Å². The van der Waals surface area contributed by atoms with E-state index >= 15 is 0 Å². The molecule has 3 nitrogen and oxygen atoms in total. The molecule has 0 bridgehead atoms. The van der Waals surface area contributed by atoms with Crippen LogP contribution >= 0.6 is 11.6 Å². The van der Waals surface area contributed by atoms with Gasteiger partial charge in [0.05, 0.1) is 6.61 Å². The molecule has 2 aromatic rings. The standard InChI is InChI=1S/C19H22ClNO2/c1-13-6-4-7-18(15(13)3)21-19(22)8-5-11-23-16-9-10-17(20)14(2)12-16/h4,6-7,9-10,12H,5,8,11H2,1-3H3,(H,21,22). The number of hydrogen-bond donors (Lipinski definition) is 1. The molecule has 0 aliphatic rings. The Kier molecular flexibility index (Phi) is 6.05. The van der Waals surface area contributed by atoms with Crippen molar-refractivity contribution < 1.29 is 9.53 Å². The van der Waals surface area contributed by atoms with E-state index in [1.165, 1.54) is 5.56 Å². The maximum absolute atomic E-state index is 12.0. The first kappa shape index (κ1) is 17.4. The Balaban J connectivity index is 1.76. The first-order valence-electron chi connectivity index (χ1n) is 7.72. The SMILES string of the molecule is Cc1cc(OCCCC(=O)Nc2cccc(C)c2C)ccc1Cl. The van der Waals surface area contributed by atoms with Crippen molar-refractivity contribution in [1.29, 1.82) is 0 Å². The van der Waals surface area contributed by atoms with Crippen molar-refractivity contribution in [3.8, 4) is 5.75 Å². The van der Waals surface area contributed by atoms with E-state index in [9.17, 15) is 4.79 Å². The van der Waals surface area contributed by atoms with Gasteiger partial charge < -0.3 is 10.1 Å². The van der Waals surface area contributed by atoms with Crippen LogP contribution in [0.3, 0.4) is 0 Å². The Bertz CT molecular complexity index is 698. The van der Waals surface area contributed by atoms with Crippen LogP contribution in [0.15, 0.2) is 36.4 Å². The maximum atomic E-state index is 12.0. The van der Waals surface area contributed by atoms with Gasteiger partial charge in [-0.15, -0.1) is 0 Å². The number of anilines is 1. The predicted molar refractivity (Wildman–Crippen MR) is 95.5 cm³/mol. The van der Waals surface area contributed by atoms with Crippen molar-refractivity contribution in [1.82, 2.24) is 0 Å². The third-order valence-corrected chi connectivity index (χ3v) is 4.25. The van der Waals surface area contributed by atoms with Crippen LogP contribution in [0.5, 0.6) is 5.75 Å². The molecule has 0 radical (unpaired) electrons. The van der Waals surface area contributed by atoms with Crippen molar-refractivity contribution >= 4 is 23.2 Å². The van der Waals surface area contributed by atoms with Crippen molar-refractivity contribution in [3.05, 3.63) is 58.1 Å². The van der Waals surface area contributed by atoms with Crippen molar-refractivity contribution in [2.24, 2.45) is 0 Å². The molecule has 0 aromatic heterocycles. The summed E-state index contributed by atoms with van der Waals surface area (Å²) in [6.45, 7) is 6.48. The highest BCUT2D eigenvalue weighted by Crippen LogP contribution is 2.21. The Hall–Kier alpha value is -2.00. The number of halogens is 1. The molecule has 1 amide bonds. The van der Waals surface area contributed by atoms with E-state index in [-0.39, 0.29) is 5.91 Å². The molecule has 0 aliphatic carbocycles. The van der Waals surface area contributed by atoms with E-state index in [0.717, 1.165) is 27.6 Å². The molecule has 2 rings (SSSR count). The summed E-state index contributed by atoms with van der Waals surface area (Å²) in [5.74, 6) is 0.788. The van der Waals surface area contributed by atoms with Gasteiger partial charge in [0.25, 0.3) is 0 Å². The molecule has 122 valence electrons. The number of nitrogens with one attached hydrogen (secondary N) is 1. The highest BCUT2D eigenvalue weighted by atomic mass is 35.5. The van der Waals surface area contributed by atoms with Gasteiger partial charge in [-0.1, -0.05) is 23.7 Å². The van der Waals surface area contributed by atoms with Crippen LogP contribution in [0.1, 0.15) is 29.5 Å². The van der Waals surface area contributed by atoms with Gasteiger partial charge in [0.2, 0.25) is 5.91 Å². The average molecular weight is 332 g/mol. The second kappa shape index (κ2) is 8.02. The molecule has 0 fully saturated rings. The lowest BCUT2D eigenvalue weighted by atomic mass is 10.1.